The Bertz CT molecular complexity index is 172. The highest BCUT2D eigenvalue weighted by molar-refractivity contribution is 4.92. The van der Waals surface area contributed by atoms with Crippen molar-refractivity contribution in [1.82, 2.24) is 4.90 Å². The van der Waals surface area contributed by atoms with E-state index in [1.165, 1.54) is 32.4 Å². The molecule has 1 heterocycles. The minimum Gasteiger partial charge on any atom is -0.383 e. The Morgan fingerprint density at radius 1 is 1.29 bits per heavy atom. The van der Waals surface area contributed by atoms with Crippen LogP contribution in [0, 0.1) is 11.8 Å². The molecule has 1 saturated heterocycles. The molecule has 1 aliphatic heterocycles. The van der Waals surface area contributed by atoms with Crippen molar-refractivity contribution in [3.63, 3.8) is 0 Å². The Labute approximate surface area is 86.6 Å². The van der Waals surface area contributed by atoms with E-state index in [0.29, 0.717) is 6.04 Å². The van der Waals surface area contributed by atoms with E-state index in [-0.39, 0.29) is 0 Å². The molecule has 2 N–H and O–H groups in total. The van der Waals surface area contributed by atoms with Crippen LogP contribution in [-0.2, 0) is 4.74 Å². The van der Waals surface area contributed by atoms with E-state index in [1.807, 2.05) is 0 Å². The molecule has 2 aliphatic rings. The van der Waals surface area contributed by atoms with Crippen LogP contribution in [0.2, 0.25) is 0 Å². The summed E-state index contributed by atoms with van der Waals surface area (Å²) in [5, 5.41) is 0. The molecule has 0 radical (unpaired) electrons. The van der Waals surface area contributed by atoms with Gasteiger partial charge in [-0.1, -0.05) is 6.42 Å². The fraction of sp³-hybridized carbons (Fsp3) is 1.00. The van der Waals surface area contributed by atoms with E-state index >= 15 is 0 Å². The van der Waals surface area contributed by atoms with Crippen molar-refractivity contribution in [1.29, 1.82) is 0 Å². The predicted molar refractivity (Wildman–Crippen MR) is 57.1 cm³/mol. The summed E-state index contributed by atoms with van der Waals surface area (Å²) in [6.07, 6.45) is 4.06. The molecule has 0 amide bonds. The van der Waals surface area contributed by atoms with Crippen molar-refractivity contribution in [2.45, 2.75) is 25.3 Å². The molecule has 2 fully saturated rings. The number of likely N-dealkylation sites (tertiary alicyclic amines) is 1. The fourth-order valence-corrected chi connectivity index (χ4v) is 2.98. The van der Waals surface area contributed by atoms with E-state index in [1.54, 1.807) is 7.11 Å². The molecule has 2 atom stereocenters. The number of piperidine rings is 1. The van der Waals surface area contributed by atoms with Crippen LogP contribution in [0.25, 0.3) is 0 Å². The van der Waals surface area contributed by atoms with E-state index in [0.717, 1.165) is 25.0 Å². The highest BCUT2D eigenvalue weighted by Gasteiger charge is 2.36. The summed E-state index contributed by atoms with van der Waals surface area (Å²) in [7, 11) is 1.77. The highest BCUT2D eigenvalue weighted by Crippen LogP contribution is 2.33. The average Bonchev–Trinajstić information content (AvgIpc) is 2.15. The molecular formula is C11H22N2O. The predicted octanol–water partition coefficient (Wildman–Crippen LogP) is 0.692. The lowest BCUT2D eigenvalue weighted by Gasteiger charge is -2.45. The average molecular weight is 198 g/mol. The van der Waals surface area contributed by atoms with Gasteiger partial charge >= 0.3 is 0 Å². The molecular weight excluding hydrogens is 176 g/mol. The number of hydrogen-bond donors (Lipinski definition) is 1. The Balaban J connectivity index is 1.87. The summed E-state index contributed by atoms with van der Waals surface area (Å²) in [6, 6.07) is 0.475. The van der Waals surface area contributed by atoms with Crippen LogP contribution < -0.4 is 5.73 Å². The zero-order valence-electron chi connectivity index (χ0n) is 9.11. The third-order valence-corrected chi connectivity index (χ3v) is 3.84. The Kier molecular flexibility index (Phi) is 3.42. The molecule has 0 spiro atoms. The van der Waals surface area contributed by atoms with E-state index in [4.69, 9.17) is 10.5 Å². The van der Waals surface area contributed by atoms with Crippen LogP contribution in [0.1, 0.15) is 19.3 Å². The number of methoxy groups -OCH3 is 1. The van der Waals surface area contributed by atoms with Crippen molar-refractivity contribution in [3.05, 3.63) is 0 Å². The van der Waals surface area contributed by atoms with Crippen LogP contribution in [0.4, 0.5) is 0 Å². The van der Waals surface area contributed by atoms with Gasteiger partial charge in [0.1, 0.15) is 0 Å². The number of hydrogen-bond acceptors (Lipinski definition) is 3. The second-order valence-corrected chi connectivity index (χ2v) is 4.78. The minimum atomic E-state index is 0.475. The van der Waals surface area contributed by atoms with Gasteiger partial charge in [0.15, 0.2) is 0 Å². The zero-order valence-corrected chi connectivity index (χ0v) is 9.11. The Morgan fingerprint density at radius 3 is 2.50 bits per heavy atom. The van der Waals surface area contributed by atoms with Crippen molar-refractivity contribution < 1.29 is 4.74 Å². The lowest BCUT2D eigenvalue weighted by molar-refractivity contribution is 0.0455. The maximum absolute atomic E-state index is 6.22. The molecule has 1 saturated carbocycles. The van der Waals surface area contributed by atoms with E-state index < -0.39 is 0 Å². The molecule has 0 aromatic rings. The molecule has 1 aliphatic carbocycles. The summed E-state index contributed by atoms with van der Waals surface area (Å²) in [5.41, 5.74) is 6.22. The zero-order chi connectivity index (χ0) is 9.97. The number of fused-ring (bicyclic) bond motifs is 2. The van der Waals surface area contributed by atoms with Gasteiger partial charge in [-0.2, -0.15) is 0 Å². The normalized spacial score (nSPS) is 38.6. The monoisotopic (exact) mass is 198 g/mol. The molecule has 0 aromatic carbocycles. The van der Waals surface area contributed by atoms with Gasteiger partial charge < -0.3 is 15.4 Å². The lowest BCUT2D eigenvalue weighted by Crippen LogP contribution is -2.55. The smallest absolute Gasteiger partial charge is 0.0589 e. The highest BCUT2D eigenvalue weighted by atomic mass is 16.5. The summed E-state index contributed by atoms with van der Waals surface area (Å²) in [5.74, 6) is 1.50. The van der Waals surface area contributed by atoms with E-state index in [9.17, 15) is 0 Å². The second kappa shape index (κ2) is 4.60. The molecule has 3 nitrogen and oxygen atoms in total. The van der Waals surface area contributed by atoms with Gasteiger partial charge in [0, 0.05) is 32.8 Å². The summed E-state index contributed by atoms with van der Waals surface area (Å²) in [4.78, 5) is 2.53. The number of ether oxygens (including phenoxy) is 1. The van der Waals surface area contributed by atoms with Gasteiger partial charge in [0.05, 0.1) is 6.61 Å². The van der Waals surface area contributed by atoms with Crippen LogP contribution in [0.3, 0.4) is 0 Å². The molecule has 2 rings (SSSR count). The van der Waals surface area contributed by atoms with E-state index in [2.05, 4.69) is 4.90 Å². The third kappa shape index (κ3) is 2.10. The quantitative estimate of drug-likeness (QED) is 0.725. The first-order chi connectivity index (χ1) is 6.81. The van der Waals surface area contributed by atoms with Crippen LogP contribution in [0.15, 0.2) is 0 Å². The Morgan fingerprint density at radius 2 is 1.93 bits per heavy atom. The van der Waals surface area contributed by atoms with Gasteiger partial charge in [0.2, 0.25) is 0 Å². The summed E-state index contributed by atoms with van der Waals surface area (Å²) < 4.78 is 5.12. The van der Waals surface area contributed by atoms with Gasteiger partial charge in [-0.15, -0.1) is 0 Å². The van der Waals surface area contributed by atoms with Crippen LogP contribution in [-0.4, -0.2) is 44.3 Å². The maximum Gasteiger partial charge on any atom is 0.0589 e. The first kappa shape index (κ1) is 10.4. The fourth-order valence-electron chi connectivity index (χ4n) is 2.98. The standard InChI is InChI=1S/C11H22N2O/c1-14-6-5-13-7-9-3-2-4-10(8-13)11(9)12/h9-11H,2-8,12H2,1H3/t9-,10-/m0/s1. The Hall–Kier alpha value is -0.120. The first-order valence-corrected chi connectivity index (χ1v) is 5.78. The van der Waals surface area contributed by atoms with Gasteiger partial charge in [0.25, 0.3) is 0 Å². The number of rotatable bonds is 3. The summed E-state index contributed by atoms with van der Waals surface area (Å²) in [6.45, 7) is 4.33. The number of nitrogens with zero attached hydrogens (tertiary/aromatic N) is 1. The van der Waals surface area contributed by atoms with Crippen LogP contribution in [0.5, 0.6) is 0 Å². The van der Waals surface area contributed by atoms with Gasteiger partial charge in [-0.3, -0.25) is 0 Å². The van der Waals surface area contributed by atoms with Gasteiger partial charge in [-0.25, -0.2) is 0 Å². The molecule has 3 heteroatoms. The van der Waals surface area contributed by atoms with Gasteiger partial charge in [-0.05, 0) is 24.7 Å². The van der Waals surface area contributed by atoms with Crippen molar-refractivity contribution in [3.8, 4) is 0 Å². The third-order valence-electron chi connectivity index (χ3n) is 3.84. The molecule has 14 heavy (non-hydrogen) atoms. The second-order valence-electron chi connectivity index (χ2n) is 4.78. The SMILES string of the molecule is COCCN1C[C@@H]2CCC[C@@H](C1)C2N. The summed E-state index contributed by atoms with van der Waals surface area (Å²) >= 11 is 0. The topological polar surface area (TPSA) is 38.5 Å². The molecule has 82 valence electrons. The largest absolute Gasteiger partial charge is 0.383 e. The van der Waals surface area contributed by atoms with Crippen molar-refractivity contribution in [2.75, 3.05) is 33.4 Å². The van der Waals surface area contributed by atoms with Crippen LogP contribution >= 0.6 is 0 Å². The minimum absolute atomic E-state index is 0.475. The molecule has 2 bridgehead atoms. The maximum atomic E-state index is 6.22. The molecule has 0 aromatic heterocycles. The molecule has 0 unspecified atom stereocenters. The van der Waals surface area contributed by atoms with Crippen molar-refractivity contribution in [2.24, 2.45) is 17.6 Å². The lowest BCUT2D eigenvalue weighted by atomic mass is 9.74. The number of nitrogens with two attached hydrogens (primary N) is 1. The first-order valence-electron chi connectivity index (χ1n) is 5.78. The van der Waals surface area contributed by atoms with Crippen molar-refractivity contribution >= 4 is 0 Å².